The molecule has 0 aromatic rings. The highest BCUT2D eigenvalue weighted by Crippen LogP contribution is 2.23. The fourth-order valence-corrected chi connectivity index (χ4v) is 7.38. The van der Waals surface area contributed by atoms with E-state index in [2.05, 4.69) is 19.2 Å². The number of carbonyl (C=O) groups is 1. The molecule has 10 heteroatoms. The van der Waals surface area contributed by atoms with Crippen molar-refractivity contribution in [3.05, 3.63) is 0 Å². The smallest absolute Gasteiger partial charge is 0.220 e. The van der Waals surface area contributed by atoms with Gasteiger partial charge in [-0.3, -0.25) is 4.79 Å². The van der Waals surface area contributed by atoms with E-state index in [1.54, 1.807) is 0 Å². The second-order valence-electron chi connectivity index (χ2n) is 16.0. The molecule has 1 heterocycles. The second kappa shape index (κ2) is 34.4. The summed E-state index contributed by atoms with van der Waals surface area (Å²) < 4.78 is 11.1. The third-order valence-corrected chi connectivity index (χ3v) is 11.1. The number of hydrogen-bond donors (Lipinski definition) is 7. The quantitative estimate of drug-likeness (QED) is 0.0313. The van der Waals surface area contributed by atoms with Gasteiger partial charge >= 0.3 is 0 Å². The topological polar surface area (TPSA) is 169 Å². The van der Waals surface area contributed by atoms with Crippen LogP contribution in [0.2, 0.25) is 0 Å². The molecule has 0 aliphatic carbocycles. The zero-order valence-electron chi connectivity index (χ0n) is 34.2. The summed E-state index contributed by atoms with van der Waals surface area (Å²) in [5.41, 5.74) is 0. The van der Waals surface area contributed by atoms with E-state index >= 15 is 0 Å². The summed E-state index contributed by atoms with van der Waals surface area (Å²) in [6.45, 7) is 3.58. The van der Waals surface area contributed by atoms with E-state index in [0.29, 0.717) is 6.42 Å². The van der Waals surface area contributed by atoms with Gasteiger partial charge in [0.1, 0.15) is 30.5 Å². The molecule has 0 aromatic heterocycles. The number of aliphatic hydroxyl groups excluding tert-OH is 6. The predicted molar refractivity (Wildman–Crippen MR) is 214 cm³/mol. The van der Waals surface area contributed by atoms with Crippen LogP contribution in [0.4, 0.5) is 0 Å². The summed E-state index contributed by atoms with van der Waals surface area (Å²) >= 11 is 0. The molecule has 2 unspecified atom stereocenters. The molecule has 0 spiro atoms. The number of amides is 1. The Bertz CT molecular complexity index is 819. The minimum Gasteiger partial charge on any atom is -0.394 e. The molecule has 1 saturated heterocycles. The Morgan fingerprint density at radius 1 is 0.585 bits per heavy atom. The normalized spacial score (nSPS) is 22.2. The Labute approximate surface area is 324 Å². The van der Waals surface area contributed by atoms with Gasteiger partial charge in [0.05, 0.1) is 25.4 Å². The first-order valence-corrected chi connectivity index (χ1v) is 22.3. The molecule has 316 valence electrons. The lowest BCUT2D eigenvalue weighted by Crippen LogP contribution is -2.60. The summed E-state index contributed by atoms with van der Waals surface area (Å²) in [6, 6.07) is -0.983. The molecule has 1 rings (SSSR count). The van der Waals surface area contributed by atoms with E-state index < -0.39 is 55.6 Å². The van der Waals surface area contributed by atoms with E-state index in [1.165, 1.54) is 135 Å². The SMILES string of the molecule is CCCCCCCCCCCCCCCCCCCCCC(=O)N[C@@H](CO[C@@H]1O[C@H](CO)[C@H](O)C(O)C1O)[C@H](O)[C@H](O)CCCCCCCCCCC. The fourth-order valence-electron chi connectivity index (χ4n) is 7.38. The second-order valence-corrected chi connectivity index (χ2v) is 16.0. The van der Waals surface area contributed by atoms with E-state index in [-0.39, 0.29) is 18.9 Å². The van der Waals surface area contributed by atoms with Crippen LogP contribution >= 0.6 is 0 Å². The van der Waals surface area contributed by atoms with Crippen LogP contribution in [-0.2, 0) is 14.3 Å². The number of hydrogen-bond acceptors (Lipinski definition) is 9. The van der Waals surface area contributed by atoms with Crippen molar-refractivity contribution in [1.82, 2.24) is 5.32 Å². The van der Waals surface area contributed by atoms with Gasteiger partial charge in [0.25, 0.3) is 0 Å². The van der Waals surface area contributed by atoms with Crippen LogP contribution in [-0.4, -0.2) is 98.7 Å². The van der Waals surface area contributed by atoms with Crippen LogP contribution < -0.4 is 5.32 Å². The lowest BCUT2D eigenvalue weighted by Gasteiger charge is -2.40. The van der Waals surface area contributed by atoms with Gasteiger partial charge in [-0.15, -0.1) is 0 Å². The molecular formula is C43H85NO9. The Hall–Kier alpha value is -0.850. The van der Waals surface area contributed by atoms with E-state index in [0.717, 1.165) is 44.9 Å². The standard InChI is InChI=1S/C43H85NO9/c1-3-5-7-9-11-13-14-15-16-17-18-19-20-21-22-24-26-28-30-32-38(47)44-35(34-52-43-42(51)41(50)40(49)37(33-45)53-43)39(48)36(46)31-29-27-25-23-12-10-8-6-4-2/h35-37,39-43,45-46,48-51H,3-34H2,1-2H3,(H,44,47)/t35-,36+,37+,39-,40-,41?,42?,43+/m0/s1. The molecule has 0 bridgehead atoms. The third kappa shape index (κ3) is 25.1. The summed E-state index contributed by atoms with van der Waals surface area (Å²) in [6.07, 6.45) is 25.5. The summed E-state index contributed by atoms with van der Waals surface area (Å²) in [5, 5.41) is 64.9. The molecule has 1 aliphatic rings. The van der Waals surface area contributed by atoms with Gasteiger partial charge in [-0.1, -0.05) is 187 Å². The van der Waals surface area contributed by atoms with Gasteiger partial charge in [0.2, 0.25) is 5.91 Å². The molecule has 7 N–H and O–H groups in total. The number of carbonyl (C=O) groups excluding carboxylic acids is 1. The molecule has 1 amide bonds. The molecule has 0 radical (unpaired) electrons. The van der Waals surface area contributed by atoms with E-state index in [9.17, 15) is 35.4 Å². The monoisotopic (exact) mass is 760 g/mol. The minimum absolute atomic E-state index is 0.256. The maximum absolute atomic E-state index is 13.0. The van der Waals surface area contributed by atoms with Crippen molar-refractivity contribution in [1.29, 1.82) is 0 Å². The molecular weight excluding hydrogens is 674 g/mol. The van der Waals surface area contributed by atoms with Crippen LogP contribution in [0.5, 0.6) is 0 Å². The largest absolute Gasteiger partial charge is 0.394 e. The average Bonchev–Trinajstić information content (AvgIpc) is 3.16. The van der Waals surface area contributed by atoms with Crippen LogP contribution in [0.3, 0.4) is 0 Å². The van der Waals surface area contributed by atoms with Crippen molar-refractivity contribution in [3.63, 3.8) is 0 Å². The Balaban J connectivity index is 2.34. The van der Waals surface area contributed by atoms with Crippen LogP contribution in [0, 0.1) is 0 Å². The minimum atomic E-state index is -1.60. The molecule has 8 atom stereocenters. The lowest BCUT2D eigenvalue weighted by molar-refractivity contribution is -0.303. The number of nitrogens with one attached hydrogen (secondary N) is 1. The van der Waals surface area contributed by atoms with Crippen molar-refractivity contribution in [3.8, 4) is 0 Å². The summed E-state index contributed by atoms with van der Waals surface area (Å²) in [4.78, 5) is 13.0. The molecule has 1 fully saturated rings. The zero-order valence-corrected chi connectivity index (χ0v) is 34.2. The molecule has 1 aliphatic heterocycles. The Morgan fingerprint density at radius 2 is 0.981 bits per heavy atom. The predicted octanol–water partition coefficient (Wildman–Crippen LogP) is 7.75. The van der Waals surface area contributed by atoms with Crippen molar-refractivity contribution in [2.24, 2.45) is 0 Å². The molecule has 0 aromatic carbocycles. The van der Waals surface area contributed by atoms with E-state index in [4.69, 9.17) is 9.47 Å². The van der Waals surface area contributed by atoms with Gasteiger partial charge in [-0.2, -0.15) is 0 Å². The lowest BCUT2D eigenvalue weighted by atomic mass is 9.98. The van der Waals surface area contributed by atoms with Crippen LogP contribution in [0.1, 0.15) is 206 Å². The van der Waals surface area contributed by atoms with Crippen molar-refractivity contribution >= 4 is 5.91 Å². The van der Waals surface area contributed by atoms with Gasteiger partial charge in [0, 0.05) is 6.42 Å². The fraction of sp³-hybridized carbons (Fsp3) is 0.977. The Morgan fingerprint density at radius 3 is 1.40 bits per heavy atom. The zero-order chi connectivity index (χ0) is 38.9. The maximum Gasteiger partial charge on any atom is 0.220 e. The van der Waals surface area contributed by atoms with Gasteiger partial charge in [0.15, 0.2) is 6.29 Å². The Kier molecular flexibility index (Phi) is 32.6. The highest BCUT2D eigenvalue weighted by atomic mass is 16.7. The summed E-state index contributed by atoms with van der Waals surface area (Å²) in [5.74, 6) is -0.256. The first-order chi connectivity index (χ1) is 25.8. The number of rotatable bonds is 37. The van der Waals surface area contributed by atoms with E-state index in [1.807, 2.05) is 0 Å². The number of unbranched alkanes of at least 4 members (excludes halogenated alkanes) is 26. The molecule has 53 heavy (non-hydrogen) atoms. The third-order valence-electron chi connectivity index (χ3n) is 11.1. The van der Waals surface area contributed by atoms with Crippen LogP contribution in [0.25, 0.3) is 0 Å². The van der Waals surface area contributed by atoms with Crippen molar-refractivity contribution in [2.75, 3.05) is 13.2 Å². The van der Waals surface area contributed by atoms with Crippen molar-refractivity contribution < 1.29 is 44.9 Å². The molecule has 0 saturated carbocycles. The first kappa shape index (κ1) is 50.2. The average molecular weight is 760 g/mol. The van der Waals surface area contributed by atoms with Crippen molar-refractivity contribution in [2.45, 2.75) is 255 Å². The summed E-state index contributed by atoms with van der Waals surface area (Å²) in [7, 11) is 0. The van der Waals surface area contributed by atoms with Gasteiger partial charge in [-0.25, -0.2) is 0 Å². The first-order valence-electron chi connectivity index (χ1n) is 22.3. The number of ether oxygens (including phenoxy) is 2. The highest BCUT2D eigenvalue weighted by Gasteiger charge is 2.44. The maximum atomic E-state index is 13.0. The van der Waals surface area contributed by atoms with Gasteiger partial charge < -0.3 is 45.4 Å². The molecule has 10 nitrogen and oxygen atoms in total. The highest BCUT2D eigenvalue weighted by molar-refractivity contribution is 5.76. The van der Waals surface area contributed by atoms with Gasteiger partial charge in [-0.05, 0) is 12.8 Å². The van der Waals surface area contributed by atoms with Crippen LogP contribution in [0.15, 0.2) is 0 Å². The number of aliphatic hydroxyl groups is 6.